The molecule has 0 radical (unpaired) electrons. The van der Waals surface area contributed by atoms with Gasteiger partial charge in [0.1, 0.15) is 5.75 Å². The molecule has 1 N–H and O–H groups in total. The SMILES string of the molecule is COc1ccc(Br)c(CC(O)Cc2ccc(C)c(C)c2)c1. The van der Waals surface area contributed by atoms with E-state index in [0.717, 1.165) is 15.8 Å². The second-order valence-corrected chi connectivity index (χ2v) is 6.29. The van der Waals surface area contributed by atoms with Crippen LogP contribution in [0, 0.1) is 13.8 Å². The Morgan fingerprint density at radius 3 is 2.48 bits per heavy atom. The van der Waals surface area contributed by atoms with Crippen molar-refractivity contribution in [2.24, 2.45) is 0 Å². The van der Waals surface area contributed by atoms with Gasteiger partial charge in [-0.1, -0.05) is 34.1 Å². The number of hydrogen-bond acceptors (Lipinski definition) is 2. The standard InChI is InChI=1S/C18H21BrO2/c1-12-4-5-14(8-13(12)2)9-16(20)10-15-11-17(21-3)6-7-18(15)19/h4-8,11,16,20H,9-10H2,1-3H3. The van der Waals surface area contributed by atoms with Crippen molar-refractivity contribution in [3.8, 4) is 5.75 Å². The van der Waals surface area contributed by atoms with Crippen molar-refractivity contribution in [3.63, 3.8) is 0 Å². The van der Waals surface area contributed by atoms with Gasteiger partial charge in [-0.05, 0) is 67.1 Å². The van der Waals surface area contributed by atoms with Gasteiger partial charge in [0.25, 0.3) is 0 Å². The van der Waals surface area contributed by atoms with Gasteiger partial charge in [0.2, 0.25) is 0 Å². The summed E-state index contributed by atoms with van der Waals surface area (Å²) >= 11 is 3.53. The Balaban J connectivity index is 2.07. The van der Waals surface area contributed by atoms with Gasteiger partial charge in [-0.25, -0.2) is 0 Å². The summed E-state index contributed by atoms with van der Waals surface area (Å²) in [4.78, 5) is 0. The zero-order valence-electron chi connectivity index (χ0n) is 12.7. The second kappa shape index (κ2) is 7.10. The van der Waals surface area contributed by atoms with Crippen molar-refractivity contribution in [1.82, 2.24) is 0 Å². The van der Waals surface area contributed by atoms with E-state index in [-0.39, 0.29) is 0 Å². The Kier molecular flexibility index (Phi) is 5.43. The number of aliphatic hydroxyl groups excluding tert-OH is 1. The first kappa shape index (κ1) is 16.1. The molecule has 0 bridgehead atoms. The molecular weight excluding hydrogens is 328 g/mol. The van der Waals surface area contributed by atoms with Crippen molar-refractivity contribution in [1.29, 1.82) is 0 Å². The normalized spacial score (nSPS) is 12.2. The first-order valence-corrected chi connectivity index (χ1v) is 7.85. The number of aliphatic hydroxyl groups is 1. The topological polar surface area (TPSA) is 29.5 Å². The zero-order valence-corrected chi connectivity index (χ0v) is 14.3. The third kappa shape index (κ3) is 4.32. The maximum atomic E-state index is 10.3. The van der Waals surface area contributed by atoms with E-state index < -0.39 is 6.10 Å². The molecule has 1 unspecified atom stereocenters. The van der Waals surface area contributed by atoms with Crippen LogP contribution in [-0.2, 0) is 12.8 Å². The summed E-state index contributed by atoms with van der Waals surface area (Å²) in [7, 11) is 1.65. The minimum absolute atomic E-state index is 0.407. The minimum atomic E-state index is -0.407. The number of benzene rings is 2. The molecule has 2 aromatic carbocycles. The van der Waals surface area contributed by atoms with E-state index >= 15 is 0 Å². The Labute approximate surface area is 134 Å². The van der Waals surface area contributed by atoms with Crippen molar-refractivity contribution in [2.75, 3.05) is 7.11 Å². The molecule has 0 aliphatic rings. The van der Waals surface area contributed by atoms with Gasteiger partial charge in [-0.15, -0.1) is 0 Å². The number of rotatable bonds is 5. The zero-order chi connectivity index (χ0) is 15.4. The molecule has 0 aliphatic heterocycles. The fourth-order valence-electron chi connectivity index (χ4n) is 2.36. The molecule has 2 aromatic rings. The maximum Gasteiger partial charge on any atom is 0.119 e. The van der Waals surface area contributed by atoms with Crippen molar-refractivity contribution in [2.45, 2.75) is 32.8 Å². The lowest BCUT2D eigenvalue weighted by molar-refractivity contribution is 0.175. The Morgan fingerprint density at radius 2 is 1.81 bits per heavy atom. The van der Waals surface area contributed by atoms with Gasteiger partial charge in [0.15, 0.2) is 0 Å². The molecule has 0 fully saturated rings. The predicted octanol–water partition coefficient (Wildman–Crippen LogP) is 4.22. The van der Waals surface area contributed by atoms with Crippen LogP contribution in [0.2, 0.25) is 0 Å². The molecular formula is C18H21BrO2. The quantitative estimate of drug-likeness (QED) is 0.876. The summed E-state index contributed by atoms with van der Waals surface area (Å²) in [5, 5.41) is 10.3. The fraction of sp³-hybridized carbons (Fsp3) is 0.333. The van der Waals surface area contributed by atoms with Gasteiger partial charge in [0.05, 0.1) is 13.2 Å². The first-order chi connectivity index (χ1) is 9.99. The van der Waals surface area contributed by atoms with Crippen LogP contribution < -0.4 is 4.74 Å². The lowest BCUT2D eigenvalue weighted by atomic mass is 9.98. The third-order valence-corrected chi connectivity index (χ3v) is 4.52. The van der Waals surface area contributed by atoms with Gasteiger partial charge < -0.3 is 9.84 Å². The summed E-state index contributed by atoms with van der Waals surface area (Å²) in [5.41, 5.74) is 4.78. The highest BCUT2D eigenvalue weighted by Crippen LogP contribution is 2.24. The molecule has 2 rings (SSSR count). The van der Waals surface area contributed by atoms with E-state index in [2.05, 4.69) is 48.0 Å². The van der Waals surface area contributed by atoms with Gasteiger partial charge >= 0.3 is 0 Å². The van der Waals surface area contributed by atoms with Crippen LogP contribution in [0.1, 0.15) is 22.3 Å². The summed E-state index contributed by atoms with van der Waals surface area (Å²) < 4.78 is 6.24. The number of ether oxygens (including phenoxy) is 1. The average molecular weight is 349 g/mol. The van der Waals surface area contributed by atoms with Crippen LogP contribution in [0.5, 0.6) is 5.75 Å². The summed E-state index contributed by atoms with van der Waals surface area (Å²) in [6.07, 6.45) is 0.852. The van der Waals surface area contributed by atoms with Gasteiger partial charge in [-0.3, -0.25) is 0 Å². The van der Waals surface area contributed by atoms with E-state index in [9.17, 15) is 5.11 Å². The fourth-order valence-corrected chi connectivity index (χ4v) is 2.77. The van der Waals surface area contributed by atoms with Crippen molar-refractivity contribution in [3.05, 3.63) is 63.1 Å². The van der Waals surface area contributed by atoms with Crippen LogP contribution in [-0.4, -0.2) is 18.3 Å². The molecule has 112 valence electrons. The monoisotopic (exact) mass is 348 g/mol. The Morgan fingerprint density at radius 1 is 1.05 bits per heavy atom. The van der Waals surface area contributed by atoms with Crippen molar-refractivity contribution < 1.29 is 9.84 Å². The predicted molar refractivity (Wildman–Crippen MR) is 90.0 cm³/mol. The van der Waals surface area contributed by atoms with Gasteiger partial charge in [0, 0.05) is 4.47 Å². The third-order valence-electron chi connectivity index (χ3n) is 3.75. The highest BCUT2D eigenvalue weighted by atomic mass is 79.9. The molecule has 0 aliphatic carbocycles. The van der Waals surface area contributed by atoms with E-state index in [1.54, 1.807) is 7.11 Å². The number of halogens is 1. The molecule has 0 saturated carbocycles. The Bertz CT molecular complexity index is 623. The highest BCUT2D eigenvalue weighted by molar-refractivity contribution is 9.10. The van der Waals surface area contributed by atoms with E-state index in [0.29, 0.717) is 12.8 Å². The first-order valence-electron chi connectivity index (χ1n) is 7.06. The van der Waals surface area contributed by atoms with Crippen LogP contribution in [0.3, 0.4) is 0 Å². The molecule has 0 heterocycles. The van der Waals surface area contributed by atoms with Crippen LogP contribution in [0.4, 0.5) is 0 Å². The maximum absolute atomic E-state index is 10.3. The summed E-state index contributed by atoms with van der Waals surface area (Å²) in [5.74, 6) is 0.812. The van der Waals surface area contributed by atoms with E-state index in [1.165, 1.54) is 16.7 Å². The molecule has 3 heteroatoms. The largest absolute Gasteiger partial charge is 0.497 e. The molecule has 21 heavy (non-hydrogen) atoms. The number of methoxy groups -OCH3 is 1. The number of hydrogen-bond donors (Lipinski definition) is 1. The van der Waals surface area contributed by atoms with Crippen LogP contribution in [0.15, 0.2) is 40.9 Å². The molecule has 0 saturated heterocycles. The van der Waals surface area contributed by atoms with Crippen LogP contribution >= 0.6 is 15.9 Å². The van der Waals surface area contributed by atoms with Crippen molar-refractivity contribution >= 4 is 15.9 Å². The smallest absolute Gasteiger partial charge is 0.119 e. The molecule has 2 nitrogen and oxygen atoms in total. The molecule has 1 atom stereocenters. The van der Waals surface area contributed by atoms with E-state index in [4.69, 9.17) is 4.74 Å². The van der Waals surface area contributed by atoms with Crippen LogP contribution in [0.25, 0.3) is 0 Å². The number of aryl methyl sites for hydroxylation is 2. The highest BCUT2D eigenvalue weighted by Gasteiger charge is 2.11. The van der Waals surface area contributed by atoms with E-state index in [1.807, 2.05) is 18.2 Å². The molecule has 0 spiro atoms. The lowest BCUT2D eigenvalue weighted by Crippen LogP contribution is -2.14. The summed E-state index contributed by atoms with van der Waals surface area (Å²) in [6.45, 7) is 4.20. The molecule has 0 aromatic heterocycles. The second-order valence-electron chi connectivity index (χ2n) is 5.44. The Hall–Kier alpha value is -1.32. The van der Waals surface area contributed by atoms with Gasteiger partial charge in [-0.2, -0.15) is 0 Å². The molecule has 0 amide bonds. The summed E-state index contributed by atoms with van der Waals surface area (Å²) in [6, 6.07) is 12.2. The average Bonchev–Trinajstić information content (AvgIpc) is 2.45. The minimum Gasteiger partial charge on any atom is -0.497 e. The lowest BCUT2D eigenvalue weighted by Gasteiger charge is -2.14.